The number of ketones is 1. The predicted octanol–water partition coefficient (Wildman–Crippen LogP) is 4.87. The largest absolute Gasteiger partial charge is 0.381 e. The van der Waals surface area contributed by atoms with E-state index >= 15 is 0 Å². The lowest BCUT2D eigenvalue weighted by Gasteiger charge is -2.29. The zero-order chi connectivity index (χ0) is 24.2. The summed E-state index contributed by atoms with van der Waals surface area (Å²) in [6.07, 6.45) is 10.2. The van der Waals surface area contributed by atoms with Gasteiger partial charge in [-0.3, -0.25) is 4.79 Å². The number of nitrogens with zero attached hydrogens (tertiary/aromatic N) is 4. The van der Waals surface area contributed by atoms with Gasteiger partial charge in [-0.05, 0) is 55.4 Å². The minimum Gasteiger partial charge on any atom is -0.381 e. The molecule has 0 spiro atoms. The van der Waals surface area contributed by atoms with E-state index in [9.17, 15) is 4.79 Å². The van der Waals surface area contributed by atoms with Crippen molar-refractivity contribution in [1.29, 1.82) is 0 Å². The highest BCUT2D eigenvalue weighted by atomic mass is 35.5. The molecule has 0 aromatic carbocycles. The van der Waals surface area contributed by atoms with E-state index in [2.05, 4.69) is 30.6 Å². The maximum Gasteiger partial charge on any atom is 0.222 e. The molecule has 2 aliphatic rings. The van der Waals surface area contributed by atoms with Crippen LogP contribution in [0.15, 0.2) is 36.8 Å². The highest BCUT2D eigenvalue weighted by Crippen LogP contribution is 2.28. The maximum absolute atomic E-state index is 12.4. The molecule has 1 aliphatic carbocycles. The third-order valence-electron chi connectivity index (χ3n) is 7.16. The summed E-state index contributed by atoms with van der Waals surface area (Å²) in [6.45, 7) is 4.17. The average molecular weight is 495 g/mol. The standard InChI is InChI=1S/C26H31ClN6O2/c1-16(22(34)10-18-14-35-15-18)20-12-30-26(31-13-20)29-11-17-2-5-21(6-3-17)32-23-7-4-19-8-9-28-25(27)24(19)33-23/h4,7-9,12-13,16-18,21H,2-3,5-6,10-11,14-15H2,1H3,(H,32,33)(H,29,30,31)/t16-,17?,21?/m0/s1. The SMILES string of the molecule is C[C@H](C(=O)CC1COC1)c1cnc(NCC2CCC(Nc3ccc4ccnc(Cl)c4n3)CC2)nc1. The fourth-order valence-electron chi connectivity index (χ4n) is 4.75. The normalized spacial score (nSPS) is 21.3. The van der Waals surface area contributed by atoms with Crippen molar-refractivity contribution in [2.45, 2.75) is 51.0 Å². The highest BCUT2D eigenvalue weighted by molar-refractivity contribution is 6.33. The number of halogens is 1. The Labute approximate surface area is 210 Å². The van der Waals surface area contributed by atoms with Crippen LogP contribution in [-0.4, -0.2) is 51.5 Å². The molecule has 0 amide bonds. The summed E-state index contributed by atoms with van der Waals surface area (Å²) < 4.78 is 5.17. The van der Waals surface area contributed by atoms with Gasteiger partial charge in [-0.1, -0.05) is 18.5 Å². The van der Waals surface area contributed by atoms with Crippen molar-refractivity contribution < 1.29 is 9.53 Å². The molecule has 1 saturated heterocycles. The molecule has 8 nitrogen and oxygen atoms in total. The Morgan fingerprint density at radius 2 is 1.86 bits per heavy atom. The molecular formula is C26H31ClN6O2. The van der Waals surface area contributed by atoms with E-state index in [1.807, 2.05) is 25.1 Å². The van der Waals surface area contributed by atoms with Gasteiger partial charge in [0.2, 0.25) is 5.95 Å². The average Bonchev–Trinajstić information content (AvgIpc) is 2.86. The molecule has 3 aromatic rings. The molecule has 1 saturated carbocycles. The molecule has 2 N–H and O–H groups in total. The molecule has 9 heteroatoms. The van der Waals surface area contributed by atoms with E-state index < -0.39 is 0 Å². The van der Waals surface area contributed by atoms with E-state index in [-0.39, 0.29) is 11.7 Å². The number of ether oxygens (including phenoxy) is 1. The molecule has 3 aromatic heterocycles. The van der Waals surface area contributed by atoms with Crippen molar-refractivity contribution in [1.82, 2.24) is 19.9 Å². The monoisotopic (exact) mass is 494 g/mol. The molecule has 5 rings (SSSR count). The van der Waals surface area contributed by atoms with Crippen molar-refractivity contribution in [3.8, 4) is 0 Å². The third-order valence-corrected chi connectivity index (χ3v) is 7.44. The maximum atomic E-state index is 12.4. The molecular weight excluding hydrogens is 464 g/mol. The van der Waals surface area contributed by atoms with Crippen LogP contribution in [0.25, 0.3) is 10.9 Å². The van der Waals surface area contributed by atoms with Crippen LogP contribution in [0.2, 0.25) is 5.15 Å². The van der Waals surface area contributed by atoms with E-state index in [0.717, 1.165) is 54.5 Å². The lowest BCUT2D eigenvalue weighted by atomic mass is 9.86. The van der Waals surface area contributed by atoms with Crippen LogP contribution < -0.4 is 10.6 Å². The number of carbonyl (C=O) groups excluding carboxylic acids is 1. The van der Waals surface area contributed by atoms with Crippen LogP contribution >= 0.6 is 11.6 Å². The zero-order valence-electron chi connectivity index (χ0n) is 19.9. The molecule has 1 aliphatic heterocycles. The number of aromatic nitrogens is 4. The Morgan fingerprint density at radius 3 is 2.57 bits per heavy atom. The quantitative estimate of drug-likeness (QED) is 0.406. The number of hydrogen-bond donors (Lipinski definition) is 2. The molecule has 0 unspecified atom stereocenters. The molecule has 2 fully saturated rings. The van der Waals surface area contributed by atoms with Gasteiger partial charge in [0, 0.05) is 54.8 Å². The summed E-state index contributed by atoms with van der Waals surface area (Å²) in [7, 11) is 0. The van der Waals surface area contributed by atoms with Crippen LogP contribution in [-0.2, 0) is 9.53 Å². The highest BCUT2D eigenvalue weighted by Gasteiger charge is 2.26. The smallest absolute Gasteiger partial charge is 0.222 e. The van der Waals surface area contributed by atoms with Gasteiger partial charge in [0.25, 0.3) is 0 Å². The van der Waals surface area contributed by atoms with Gasteiger partial charge in [0.15, 0.2) is 5.15 Å². The van der Waals surface area contributed by atoms with Crippen molar-refractivity contribution >= 4 is 40.1 Å². The van der Waals surface area contributed by atoms with E-state index in [4.69, 9.17) is 16.3 Å². The molecule has 4 heterocycles. The first-order chi connectivity index (χ1) is 17.0. The number of anilines is 2. The summed E-state index contributed by atoms with van der Waals surface area (Å²) in [5, 5.41) is 8.36. The van der Waals surface area contributed by atoms with Gasteiger partial charge in [-0.15, -0.1) is 0 Å². The van der Waals surface area contributed by atoms with E-state index in [1.165, 1.54) is 0 Å². The Bertz CT molecular complexity index is 1160. The van der Waals surface area contributed by atoms with Crippen molar-refractivity contribution in [3.05, 3.63) is 47.5 Å². The van der Waals surface area contributed by atoms with Crippen molar-refractivity contribution in [2.75, 3.05) is 30.4 Å². The number of carbonyl (C=O) groups is 1. The summed E-state index contributed by atoms with van der Waals surface area (Å²) in [4.78, 5) is 30.1. The second-order valence-electron chi connectivity index (χ2n) is 9.75. The topological polar surface area (TPSA) is 102 Å². The minimum absolute atomic E-state index is 0.184. The van der Waals surface area contributed by atoms with Crippen LogP contribution in [0.4, 0.5) is 11.8 Å². The first-order valence-electron chi connectivity index (χ1n) is 12.4. The van der Waals surface area contributed by atoms with Crippen LogP contribution in [0.3, 0.4) is 0 Å². The van der Waals surface area contributed by atoms with Crippen LogP contribution in [0.5, 0.6) is 0 Å². The lowest BCUT2D eigenvalue weighted by Crippen LogP contribution is -2.30. The van der Waals surface area contributed by atoms with Gasteiger partial charge in [-0.25, -0.2) is 19.9 Å². The first-order valence-corrected chi connectivity index (χ1v) is 12.8. The van der Waals surface area contributed by atoms with Gasteiger partial charge in [-0.2, -0.15) is 0 Å². The molecule has 1 atom stereocenters. The number of nitrogens with one attached hydrogen (secondary N) is 2. The van der Waals surface area contributed by atoms with Crippen LogP contribution in [0.1, 0.15) is 50.5 Å². The molecule has 0 bridgehead atoms. The van der Waals surface area contributed by atoms with Gasteiger partial charge < -0.3 is 15.4 Å². The van der Waals surface area contributed by atoms with Gasteiger partial charge in [0.05, 0.1) is 13.2 Å². The molecule has 0 radical (unpaired) electrons. The van der Waals surface area contributed by atoms with E-state index in [1.54, 1.807) is 18.6 Å². The first kappa shape index (κ1) is 23.9. The lowest BCUT2D eigenvalue weighted by molar-refractivity contribution is -0.125. The van der Waals surface area contributed by atoms with Crippen LogP contribution in [0, 0.1) is 11.8 Å². The number of pyridine rings is 2. The second-order valence-corrected chi connectivity index (χ2v) is 10.1. The fraction of sp³-hybridized carbons (Fsp3) is 0.500. The zero-order valence-corrected chi connectivity index (χ0v) is 20.7. The summed E-state index contributed by atoms with van der Waals surface area (Å²) in [5.74, 6) is 2.45. The Kier molecular flexibility index (Phi) is 7.39. The fourth-order valence-corrected chi connectivity index (χ4v) is 4.96. The molecule has 35 heavy (non-hydrogen) atoms. The van der Waals surface area contributed by atoms with Crippen molar-refractivity contribution in [2.24, 2.45) is 11.8 Å². The number of hydrogen-bond acceptors (Lipinski definition) is 8. The van der Waals surface area contributed by atoms with Crippen molar-refractivity contribution in [3.63, 3.8) is 0 Å². The number of fused-ring (bicyclic) bond motifs is 1. The number of rotatable bonds is 9. The predicted molar refractivity (Wildman–Crippen MR) is 137 cm³/mol. The minimum atomic E-state index is -0.184. The van der Waals surface area contributed by atoms with E-state index in [0.29, 0.717) is 48.6 Å². The third kappa shape index (κ3) is 5.87. The summed E-state index contributed by atoms with van der Waals surface area (Å²) >= 11 is 6.20. The Balaban J connectivity index is 1.06. The van der Waals surface area contributed by atoms with Gasteiger partial charge in [0.1, 0.15) is 17.1 Å². The number of Topliss-reactive ketones (excluding diaryl/α,β-unsaturated/α-hetero) is 1. The summed E-state index contributed by atoms with van der Waals surface area (Å²) in [5.41, 5.74) is 1.60. The Morgan fingerprint density at radius 1 is 1.09 bits per heavy atom. The Hall–Kier alpha value is -2.84. The summed E-state index contributed by atoms with van der Waals surface area (Å²) in [6, 6.07) is 6.34. The van der Waals surface area contributed by atoms with Gasteiger partial charge >= 0.3 is 0 Å². The molecule has 184 valence electrons. The second kappa shape index (κ2) is 10.8.